The van der Waals surface area contributed by atoms with E-state index in [0.717, 1.165) is 29.1 Å². The standard InChI is InChI=1S/C16H25ClN2/c1-12-4-6-13(7-5-12)11-18-15-10-14(17)8-9-16(15)19(2)3/h8-10,12-13,18H,4-7,11H2,1-3H3. The summed E-state index contributed by atoms with van der Waals surface area (Å²) in [4.78, 5) is 2.13. The topological polar surface area (TPSA) is 15.3 Å². The lowest BCUT2D eigenvalue weighted by atomic mass is 9.83. The van der Waals surface area contributed by atoms with E-state index < -0.39 is 0 Å². The van der Waals surface area contributed by atoms with Crippen molar-refractivity contribution in [3.8, 4) is 0 Å². The van der Waals surface area contributed by atoms with Crippen LogP contribution in [0, 0.1) is 11.8 Å². The summed E-state index contributed by atoms with van der Waals surface area (Å²) < 4.78 is 0. The summed E-state index contributed by atoms with van der Waals surface area (Å²) in [7, 11) is 4.13. The summed E-state index contributed by atoms with van der Waals surface area (Å²) >= 11 is 6.10. The Kier molecular flexibility index (Phi) is 4.98. The Morgan fingerprint density at radius 1 is 1.21 bits per heavy atom. The van der Waals surface area contributed by atoms with Gasteiger partial charge in [-0.2, -0.15) is 0 Å². The molecule has 0 heterocycles. The molecule has 2 nitrogen and oxygen atoms in total. The lowest BCUT2D eigenvalue weighted by Crippen LogP contribution is -2.21. The number of halogens is 1. The lowest BCUT2D eigenvalue weighted by molar-refractivity contribution is 0.300. The summed E-state index contributed by atoms with van der Waals surface area (Å²) in [6, 6.07) is 6.06. The van der Waals surface area contributed by atoms with Crippen LogP contribution in [0.5, 0.6) is 0 Å². The van der Waals surface area contributed by atoms with Crippen molar-refractivity contribution in [3.63, 3.8) is 0 Å². The molecule has 1 saturated carbocycles. The third-order valence-corrected chi connectivity index (χ3v) is 4.39. The smallest absolute Gasteiger partial charge is 0.0597 e. The zero-order valence-electron chi connectivity index (χ0n) is 12.2. The van der Waals surface area contributed by atoms with E-state index in [2.05, 4.69) is 37.3 Å². The van der Waals surface area contributed by atoms with Crippen molar-refractivity contribution in [2.45, 2.75) is 32.6 Å². The second-order valence-electron chi connectivity index (χ2n) is 6.06. The Balaban J connectivity index is 1.97. The van der Waals surface area contributed by atoms with Crippen molar-refractivity contribution < 1.29 is 0 Å². The van der Waals surface area contributed by atoms with Gasteiger partial charge in [0.1, 0.15) is 0 Å². The van der Waals surface area contributed by atoms with Crippen molar-refractivity contribution in [3.05, 3.63) is 23.2 Å². The van der Waals surface area contributed by atoms with E-state index in [1.807, 2.05) is 12.1 Å². The minimum Gasteiger partial charge on any atom is -0.383 e. The predicted octanol–water partition coefficient (Wildman–Crippen LogP) is 4.64. The Hall–Kier alpha value is -0.890. The van der Waals surface area contributed by atoms with Gasteiger partial charge >= 0.3 is 0 Å². The number of rotatable bonds is 4. The monoisotopic (exact) mass is 280 g/mol. The average molecular weight is 281 g/mol. The molecule has 0 saturated heterocycles. The summed E-state index contributed by atoms with van der Waals surface area (Å²) in [5.74, 6) is 1.73. The number of hydrogen-bond donors (Lipinski definition) is 1. The van der Waals surface area contributed by atoms with Crippen LogP contribution in [-0.4, -0.2) is 20.6 Å². The Labute approximate surface area is 122 Å². The summed E-state index contributed by atoms with van der Waals surface area (Å²) in [5.41, 5.74) is 2.35. The first-order chi connectivity index (χ1) is 9.06. The van der Waals surface area contributed by atoms with E-state index in [1.165, 1.54) is 31.4 Å². The van der Waals surface area contributed by atoms with Gasteiger partial charge in [-0.15, -0.1) is 0 Å². The van der Waals surface area contributed by atoms with Gasteiger partial charge in [0.15, 0.2) is 0 Å². The lowest BCUT2D eigenvalue weighted by Gasteiger charge is -2.27. The molecule has 0 radical (unpaired) electrons. The van der Waals surface area contributed by atoms with Gasteiger partial charge in [-0.3, -0.25) is 0 Å². The molecule has 1 N–H and O–H groups in total. The molecular weight excluding hydrogens is 256 g/mol. The van der Waals surface area contributed by atoms with Gasteiger partial charge in [-0.25, -0.2) is 0 Å². The van der Waals surface area contributed by atoms with Gasteiger partial charge in [0, 0.05) is 25.7 Å². The SMILES string of the molecule is CC1CCC(CNc2cc(Cl)ccc2N(C)C)CC1. The van der Waals surface area contributed by atoms with Crippen LogP contribution in [-0.2, 0) is 0 Å². The fraction of sp³-hybridized carbons (Fsp3) is 0.625. The number of nitrogens with one attached hydrogen (secondary N) is 1. The van der Waals surface area contributed by atoms with Gasteiger partial charge in [0.05, 0.1) is 11.4 Å². The molecule has 106 valence electrons. The highest BCUT2D eigenvalue weighted by molar-refractivity contribution is 6.31. The Morgan fingerprint density at radius 2 is 1.89 bits per heavy atom. The highest BCUT2D eigenvalue weighted by atomic mass is 35.5. The fourth-order valence-corrected chi connectivity index (χ4v) is 3.00. The predicted molar refractivity (Wildman–Crippen MR) is 85.4 cm³/mol. The highest BCUT2D eigenvalue weighted by Gasteiger charge is 2.18. The molecule has 0 unspecified atom stereocenters. The molecule has 0 bridgehead atoms. The molecule has 1 aromatic rings. The molecule has 2 rings (SSSR count). The first kappa shape index (κ1) is 14.5. The molecule has 0 amide bonds. The fourth-order valence-electron chi connectivity index (χ4n) is 2.83. The second kappa shape index (κ2) is 6.51. The maximum Gasteiger partial charge on any atom is 0.0597 e. The van der Waals surface area contributed by atoms with Crippen LogP contribution < -0.4 is 10.2 Å². The largest absolute Gasteiger partial charge is 0.383 e. The van der Waals surface area contributed by atoms with Crippen molar-refractivity contribution in [2.75, 3.05) is 30.9 Å². The summed E-state index contributed by atoms with van der Waals surface area (Å²) in [6.45, 7) is 3.43. The molecule has 3 heteroatoms. The first-order valence-electron chi connectivity index (χ1n) is 7.27. The number of anilines is 2. The Morgan fingerprint density at radius 3 is 2.53 bits per heavy atom. The van der Waals surface area contributed by atoms with E-state index in [9.17, 15) is 0 Å². The molecular formula is C16H25ClN2. The minimum atomic E-state index is 0.797. The van der Waals surface area contributed by atoms with E-state index in [4.69, 9.17) is 11.6 Å². The van der Waals surface area contributed by atoms with E-state index in [0.29, 0.717) is 0 Å². The average Bonchev–Trinajstić information content (AvgIpc) is 2.38. The Bertz CT molecular complexity index is 409. The van der Waals surface area contributed by atoms with Gasteiger partial charge in [0.2, 0.25) is 0 Å². The zero-order valence-corrected chi connectivity index (χ0v) is 13.0. The van der Waals surface area contributed by atoms with Crippen molar-refractivity contribution in [1.29, 1.82) is 0 Å². The van der Waals surface area contributed by atoms with Crippen molar-refractivity contribution in [2.24, 2.45) is 11.8 Å². The van der Waals surface area contributed by atoms with Gasteiger partial charge in [0.25, 0.3) is 0 Å². The van der Waals surface area contributed by atoms with Crippen LogP contribution in [0.3, 0.4) is 0 Å². The van der Waals surface area contributed by atoms with Crippen molar-refractivity contribution >= 4 is 23.0 Å². The van der Waals surface area contributed by atoms with Crippen molar-refractivity contribution in [1.82, 2.24) is 0 Å². The van der Waals surface area contributed by atoms with Gasteiger partial charge < -0.3 is 10.2 Å². The van der Waals surface area contributed by atoms with Crippen LogP contribution in [0.4, 0.5) is 11.4 Å². The quantitative estimate of drug-likeness (QED) is 0.864. The van der Waals surface area contributed by atoms with Gasteiger partial charge in [-0.05, 0) is 42.9 Å². The van der Waals surface area contributed by atoms with Crippen LogP contribution >= 0.6 is 11.6 Å². The van der Waals surface area contributed by atoms with Crippen LogP contribution in [0.1, 0.15) is 32.6 Å². The molecule has 0 spiro atoms. The highest BCUT2D eigenvalue weighted by Crippen LogP contribution is 2.31. The third kappa shape index (κ3) is 4.04. The van der Waals surface area contributed by atoms with Crippen LogP contribution in [0.25, 0.3) is 0 Å². The van der Waals surface area contributed by atoms with E-state index >= 15 is 0 Å². The first-order valence-corrected chi connectivity index (χ1v) is 7.65. The molecule has 1 aliphatic rings. The molecule has 0 atom stereocenters. The molecule has 1 aromatic carbocycles. The summed E-state index contributed by atoms with van der Waals surface area (Å²) in [6.07, 6.45) is 5.46. The normalized spacial score (nSPS) is 23.2. The molecule has 1 fully saturated rings. The second-order valence-corrected chi connectivity index (χ2v) is 6.50. The zero-order chi connectivity index (χ0) is 13.8. The molecule has 1 aliphatic carbocycles. The maximum absolute atomic E-state index is 6.10. The van der Waals surface area contributed by atoms with E-state index in [1.54, 1.807) is 0 Å². The minimum absolute atomic E-state index is 0.797. The van der Waals surface area contributed by atoms with Gasteiger partial charge in [-0.1, -0.05) is 31.4 Å². The molecule has 0 aromatic heterocycles. The van der Waals surface area contributed by atoms with Crippen LogP contribution in [0.2, 0.25) is 5.02 Å². The third-order valence-electron chi connectivity index (χ3n) is 4.16. The number of nitrogens with zero attached hydrogens (tertiary/aromatic N) is 1. The van der Waals surface area contributed by atoms with E-state index in [-0.39, 0.29) is 0 Å². The number of hydrogen-bond acceptors (Lipinski definition) is 2. The molecule has 19 heavy (non-hydrogen) atoms. The summed E-state index contributed by atoms with van der Waals surface area (Å²) in [5, 5.41) is 4.39. The maximum atomic E-state index is 6.10. The molecule has 0 aliphatic heterocycles. The van der Waals surface area contributed by atoms with Crippen LogP contribution in [0.15, 0.2) is 18.2 Å². The number of benzene rings is 1.